The molecule has 1 atom stereocenters. The molecule has 1 heterocycles. The van der Waals surface area contributed by atoms with Crippen LogP contribution in [0.3, 0.4) is 0 Å². The molecule has 13 heavy (non-hydrogen) atoms. The van der Waals surface area contributed by atoms with Crippen molar-refractivity contribution < 1.29 is 4.79 Å². The van der Waals surface area contributed by atoms with Gasteiger partial charge < -0.3 is 5.32 Å². The van der Waals surface area contributed by atoms with E-state index < -0.39 is 0 Å². The first-order chi connectivity index (χ1) is 6.13. The van der Waals surface area contributed by atoms with Crippen molar-refractivity contribution >= 4 is 33.2 Å². The second-order valence-electron chi connectivity index (χ2n) is 2.94. The number of halogens is 1. The van der Waals surface area contributed by atoms with Crippen LogP contribution in [0.1, 0.15) is 21.5 Å². The summed E-state index contributed by atoms with van der Waals surface area (Å²) in [6.07, 6.45) is 0. The predicted molar refractivity (Wildman–Crippen MR) is 59.8 cm³/mol. The summed E-state index contributed by atoms with van der Waals surface area (Å²) in [7, 11) is 0. The maximum absolute atomic E-state index is 11.5. The maximum atomic E-state index is 11.5. The van der Waals surface area contributed by atoms with Crippen LogP contribution in [0.25, 0.3) is 0 Å². The second kappa shape index (κ2) is 4.77. The molecule has 2 nitrogen and oxygen atoms in total. The van der Waals surface area contributed by atoms with Crippen molar-refractivity contribution in [3.63, 3.8) is 0 Å². The fourth-order valence-corrected chi connectivity index (χ4v) is 1.82. The zero-order chi connectivity index (χ0) is 9.84. The number of carbonyl (C=O) groups excluding carboxylic acids is 1. The van der Waals surface area contributed by atoms with Gasteiger partial charge in [-0.1, -0.05) is 15.9 Å². The number of amides is 1. The van der Waals surface area contributed by atoms with Gasteiger partial charge in [-0.3, -0.25) is 4.79 Å². The molecule has 0 saturated carbocycles. The lowest BCUT2D eigenvalue weighted by Crippen LogP contribution is -2.32. The molecule has 0 aromatic carbocycles. The van der Waals surface area contributed by atoms with Crippen molar-refractivity contribution in [1.29, 1.82) is 0 Å². The minimum atomic E-state index is 0.0186. The van der Waals surface area contributed by atoms with E-state index in [-0.39, 0.29) is 11.9 Å². The third-order valence-corrected chi connectivity index (χ3v) is 3.54. The molecule has 1 amide bonds. The zero-order valence-electron chi connectivity index (χ0n) is 7.63. The summed E-state index contributed by atoms with van der Waals surface area (Å²) < 4.78 is 0. The Bertz CT molecular complexity index is 298. The van der Waals surface area contributed by atoms with Crippen LogP contribution in [0.5, 0.6) is 0 Å². The van der Waals surface area contributed by atoms with E-state index in [9.17, 15) is 4.79 Å². The Balaban J connectivity index is 2.58. The molecule has 0 saturated heterocycles. The number of thiophene rings is 1. The van der Waals surface area contributed by atoms with E-state index >= 15 is 0 Å². The smallest absolute Gasteiger partial charge is 0.261 e. The summed E-state index contributed by atoms with van der Waals surface area (Å²) in [5.41, 5.74) is 0. The lowest BCUT2D eigenvalue weighted by atomic mass is 10.3. The Labute approximate surface area is 90.5 Å². The fourth-order valence-electron chi connectivity index (χ4n) is 0.890. The molecule has 1 N–H and O–H groups in total. The molecule has 4 heteroatoms. The Morgan fingerprint density at radius 1 is 1.69 bits per heavy atom. The monoisotopic (exact) mass is 261 g/mol. The van der Waals surface area contributed by atoms with Gasteiger partial charge in [0.15, 0.2) is 0 Å². The summed E-state index contributed by atoms with van der Waals surface area (Å²) in [6.45, 7) is 3.96. The van der Waals surface area contributed by atoms with Crippen LogP contribution in [0, 0.1) is 6.92 Å². The Hall–Kier alpha value is -0.350. The molecule has 72 valence electrons. The van der Waals surface area contributed by atoms with Crippen LogP contribution in [-0.4, -0.2) is 17.3 Å². The second-order valence-corrected chi connectivity index (χ2v) is 4.87. The first-order valence-corrected chi connectivity index (χ1v) is 6.00. The molecule has 0 radical (unpaired) electrons. The largest absolute Gasteiger partial charge is 0.348 e. The number of aryl methyl sites for hydroxylation is 1. The summed E-state index contributed by atoms with van der Waals surface area (Å²) in [5.74, 6) is 0.0186. The average molecular weight is 262 g/mol. The number of hydrogen-bond acceptors (Lipinski definition) is 2. The first kappa shape index (κ1) is 10.7. The van der Waals surface area contributed by atoms with Crippen LogP contribution in [0.2, 0.25) is 0 Å². The van der Waals surface area contributed by atoms with E-state index in [2.05, 4.69) is 21.2 Å². The molecule has 0 spiro atoms. The first-order valence-electron chi connectivity index (χ1n) is 4.06. The summed E-state index contributed by atoms with van der Waals surface area (Å²) in [5, 5.41) is 3.66. The molecular formula is C9H12BrNOS. The highest BCUT2D eigenvalue weighted by molar-refractivity contribution is 9.09. The van der Waals surface area contributed by atoms with E-state index in [4.69, 9.17) is 0 Å². The Kier molecular flexibility index (Phi) is 3.93. The molecule has 0 bridgehead atoms. The van der Waals surface area contributed by atoms with Gasteiger partial charge in [-0.2, -0.15) is 0 Å². The molecule has 1 aromatic rings. The van der Waals surface area contributed by atoms with Gasteiger partial charge in [0.05, 0.1) is 4.88 Å². The van der Waals surface area contributed by atoms with E-state index in [1.807, 2.05) is 26.0 Å². The quantitative estimate of drug-likeness (QED) is 0.833. The summed E-state index contributed by atoms with van der Waals surface area (Å²) >= 11 is 4.83. The third-order valence-electron chi connectivity index (χ3n) is 1.57. The van der Waals surface area contributed by atoms with Crippen molar-refractivity contribution in [2.45, 2.75) is 19.9 Å². The highest BCUT2D eigenvalue weighted by Crippen LogP contribution is 2.14. The van der Waals surface area contributed by atoms with E-state index in [1.54, 1.807) is 0 Å². The molecule has 0 fully saturated rings. The van der Waals surface area contributed by atoms with Crippen LogP contribution in [-0.2, 0) is 0 Å². The van der Waals surface area contributed by atoms with Gasteiger partial charge in [-0.05, 0) is 26.0 Å². The lowest BCUT2D eigenvalue weighted by Gasteiger charge is -2.08. The minimum Gasteiger partial charge on any atom is -0.348 e. The lowest BCUT2D eigenvalue weighted by molar-refractivity contribution is 0.0948. The van der Waals surface area contributed by atoms with E-state index in [0.717, 1.165) is 15.1 Å². The topological polar surface area (TPSA) is 29.1 Å². The van der Waals surface area contributed by atoms with Gasteiger partial charge in [0, 0.05) is 16.2 Å². The maximum Gasteiger partial charge on any atom is 0.261 e. The van der Waals surface area contributed by atoms with Crippen molar-refractivity contribution in [2.75, 3.05) is 5.33 Å². The highest BCUT2D eigenvalue weighted by atomic mass is 79.9. The molecule has 0 aliphatic carbocycles. The summed E-state index contributed by atoms with van der Waals surface area (Å²) in [4.78, 5) is 13.5. The predicted octanol–water partition coefficient (Wildman–Crippen LogP) is 2.57. The zero-order valence-corrected chi connectivity index (χ0v) is 10.0. The normalized spacial score (nSPS) is 12.5. The van der Waals surface area contributed by atoms with Crippen molar-refractivity contribution in [1.82, 2.24) is 5.32 Å². The van der Waals surface area contributed by atoms with Crippen LogP contribution in [0.4, 0.5) is 0 Å². The Morgan fingerprint density at radius 2 is 2.38 bits per heavy atom. The fraction of sp³-hybridized carbons (Fsp3) is 0.444. The summed E-state index contributed by atoms with van der Waals surface area (Å²) in [6, 6.07) is 3.99. The molecule has 1 aromatic heterocycles. The van der Waals surface area contributed by atoms with Gasteiger partial charge in [-0.15, -0.1) is 11.3 Å². The van der Waals surface area contributed by atoms with Crippen LogP contribution >= 0.6 is 27.3 Å². The highest BCUT2D eigenvalue weighted by Gasteiger charge is 2.09. The molecule has 1 unspecified atom stereocenters. The van der Waals surface area contributed by atoms with Gasteiger partial charge in [-0.25, -0.2) is 0 Å². The van der Waals surface area contributed by atoms with E-state index in [1.165, 1.54) is 11.3 Å². The molecule has 0 aliphatic heterocycles. The van der Waals surface area contributed by atoms with Crippen molar-refractivity contribution in [2.24, 2.45) is 0 Å². The van der Waals surface area contributed by atoms with Gasteiger partial charge >= 0.3 is 0 Å². The number of nitrogens with one attached hydrogen (secondary N) is 1. The van der Waals surface area contributed by atoms with Crippen LogP contribution in [0.15, 0.2) is 12.1 Å². The Morgan fingerprint density at radius 3 is 2.85 bits per heavy atom. The molecule has 0 aliphatic rings. The number of alkyl halides is 1. The van der Waals surface area contributed by atoms with E-state index in [0.29, 0.717) is 0 Å². The number of rotatable bonds is 3. The van der Waals surface area contributed by atoms with Gasteiger partial charge in [0.1, 0.15) is 0 Å². The van der Waals surface area contributed by atoms with Crippen molar-refractivity contribution in [3.05, 3.63) is 21.9 Å². The molecule has 1 rings (SSSR count). The van der Waals surface area contributed by atoms with Gasteiger partial charge in [0.2, 0.25) is 0 Å². The van der Waals surface area contributed by atoms with Crippen molar-refractivity contribution in [3.8, 4) is 0 Å². The number of hydrogen-bond donors (Lipinski definition) is 1. The third kappa shape index (κ3) is 3.12. The van der Waals surface area contributed by atoms with Gasteiger partial charge in [0.25, 0.3) is 5.91 Å². The minimum absolute atomic E-state index is 0.0186. The van der Waals surface area contributed by atoms with Crippen LogP contribution < -0.4 is 5.32 Å². The number of carbonyl (C=O) groups is 1. The SMILES string of the molecule is Cc1ccc(C(=O)NC(C)CBr)s1. The standard InChI is InChI=1S/C9H12BrNOS/c1-6(5-10)11-9(12)8-4-3-7(2)13-8/h3-4,6H,5H2,1-2H3,(H,11,12). The average Bonchev–Trinajstić information content (AvgIpc) is 2.51. The molecular weight excluding hydrogens is 250 g/mol.